The Kier molecular flexibility index (Phi) is 5.92. The monoisotopic (exact) mass is 383 g/mol. The van der Waals surface area contributed by atoms with Gasteiger partial charge in [0.25, 0.3) is 5.91 Å². The maximum atomic E-state index is 12.7. The molecular formula is C17H25N3O5S. The Labute approximate surface area is 154 Å². The molecule has 2 atom stereocenters. The molecule has 0 radical (unpaired) electrons. The summed E-state index contributed by atoms with van der Waals surface area (Å²) in [7, 11) is -0.198. The average molecular weight is 383 g/mol. The maximum absolute atomic E-state index is 12.7. The van der Waals surface area contributed by atoms with Crippen molar-refractivity contribution in [2.75, 3.05) is 38.8 Å². The second-order valence-electron chi connectivity index (χ2n) is 6.73. The Morgan fingerprint density at radius 1 is 1.42 bits per heavy atom. The smallest absolute Gasteiger partial charge is 0.257 e. The molecule has 1 aromatic carbocycles. The van der Waals surface area contributed by atoms with Gasteiger partial charge in [0.05, 0.1) is 24.1 Å². The molecule has 1 aromatic rings. The molecule has 26 heavy (non-hydrogen) atoms. The van der Waals surface area contributed by atoms with Crippen molar-refractivity contribution in [2.45, 2.75) is 20.0 Å². The van der Waals surface area contributed by atoms with Crippen LogP contribution < -0.4 is 10.1 Å². The number of para-hydroxylation sites is 1. The molecule has 8 nitrogen and oxygen atoms in total. The number of fused-ring (bicyclic) bond motifs is 1. The number of carbonyl (C=O) groups excluding carboxylic acids is 2. The number of hydrogen-bond donors (Lipinski definition) is 1. The van der Waals surface area contributed by atoms with E-state index < -0.39 is 16.1 Å². The molecule has 0 aliphatic carbocycles. The van der Waals surface area contributed by atoms with Crippen molar-refractivity contribution >= 4 is 27.5 Å². The predicted octanol–water partition coefficient (Wildman–Crippen LogP) is 1.01. The molecule has 144 valence electrons. The van der Waals surface area contributed by atoms with Gasteiger partial charge in [0.15, 0.2) is 5.75 Å². The molecule has 9 heteroatoms. The molecule has 0 aromatic heterocycles. The number of benzene rings is 1. The number of ether oxygens (including phenoxy) is 1. The zero-order valence-electron chi connectivity index (χ0n) is 15.6. The van der Waals surface area contributed by atoms with Crippen LogP contribution in [0, 0.1) is 5.92 Å². The van der Waals surface area contributed by atoms with Crippen molar-refractivity contribution in [3.63, 3.8) is 0 Å². The van der Waals surface area contributed by atoms with Crippen LogP contribution >= 0.6 is 0 Å². The minimum atomic E-state index is -3.37. The third kappa shape index (κ3) is 4.53. The highest BCUT2D eigenvalue weighted by Gasteiger charge is 2.32. The fourth-order valence-corrected chi connectivity index (χ4v) is 3.25. The van der Waals surface area contributed by atoms with E-state index in [0.717, 1.165) is 6.26 Å². The highest BCUT2D eigenvalue weighted by Crippen LogP contribution is 2.34. The van der Waals surface area contributed by atoms with Crippen LogP contribution in [0.4, 0.5) is 5.69 Å². The van der Waals surface area contributed by atoms with Gasteiger partial charge in [-0.05, 0) is 12.1 Å². The summed E-state index contributed by atoms with van der Waals surface area (Å²) in [5.41, 5.74) is 0.718. The van der Waals surface area contributed by atoms with Crippen molar-refractivity contribution in [3.8, 4) is 5.75 Å². The first kappa shape index (κ1) is 20.2. The van der Waals surface area contributed by atoms with Gasteiger partial charge < -0.3 is 15.0 Å². The lowest BCUT2D eigenvalue weighted by atomic mass is 10.0. The summed E-state index contributed by atoms with van der Waals surface area (Å²) in [6.07, 6.45) is 0.645. The first-order valence-corrected chi connectivity index (χ1v) is 10.1. The van der Waals surface area contributed by atoms with Gasteiger partial charge in [-0.1, -0.05) is 13.0 Å². The van der Waals surface area contributed by atoms with E-state index in [9.17, 15) is 18.0 Å². The van der Waals surface area contributed by atoms with Gasteiger partial charge in [0.2, 0.25) is 15.9 Å². The van der Waals surface area contributed by atoms with Gasteiger partial charge >= 0.3 is 0 Å². The molecule has 1 N–H and O–H groups in total. The van der Waals surface area contributed by atoms with Crippen LogP contribution in [0.3, 0.4) is 0 Å². The predicted molar refractivity (Wildman–Crippen MR) is 98.8 cm³/mol. The van der Waals surface area contributed by atoms with Crippen LogP contribution in [-0.4, -0.2) is 69.0 Å². The summed E-state index contributed by atoms with van der Waals surface area (Å²) in [5.74, 6) is -0.360. The van der Waals surface area contributed by atoms with E-state index in [-0.39, 0.29) is 30.0 Å². The van der Waals surface area contributed by atoms with Crippen molar-refractivity contribution < 1.29 is 22.7 Å². The third-order valence-electron chi connectivity index (χ3n) is 4.37. The van der Waals surface area contributed by atoms with Crippen LogP contribution in [0.25, 0.3) is 0 Å². The maximum Gasteiger partial charge on any atom is 0.257 e. The molecule has 1 heterocycles. The minimum Gasteiger partial charge on any atom is -0.486 e. The molecule has 0 unspecified atom stereocenters. The Balaban J connectivity index is 2.48. The SMILES string of the molecule is CC(=O)Nc1cccc2c1O[C@H](CN(C)S(C)(=O)=O)[C@H](C)CN(C)C2=O. The van der Waals surface area contributed by atoms with Gasteiger partial charge in [0, 0.05) is 33.5 Å². The Hall–Kier alpha value is -2.13. The van der Waals surface area contributed by atoms with Crippen LogP contribution in [-0.2, 0) is 14.8 Å². The number of hydrogen-bond acceptors (Lipinski definition) is 5. The van der Waals surface area contributed by atoms with Crippen LogP contribution in [0.1, 0.15) is 24.2 Å². The largest absolute Gasteiger partial charge is 0.486 e. The van der Waals surface area contributed by atoms with Crippen LogP contribution in [0.2, 0.25) is 0 Å². The normalized spacial score (nSPS) is 20.8. The van der Waals surface area contributed by atoms with Gasteiger partial charge in [-0.3, -0.25) is 9.59 Å². The fraction of sp³-hybridized carbons (Fsp3) is 0.529. The first-order chi connectivity index (χ1) is 12.0. The topological polar surface area (TPSA) is 96.0 Å². The molecule has 0 fully saturated rings. The van der Waals surface area contributed by atoms with E-state index in [1.54, 1.807) is 30.1 Å². The molecule has 0 bridgehead atoms. The molecule has 0 spiro atoms. The molecule has 1 aliphatic rings. The summed E-state index contributed by atoms with van der Waals surface area (Å²) in [6, 6.07) is 4.95. The van der Waals surface area contributed by atoms with E-state index in [1.807, 2.05) is 6.92 Å². The summed E-state index contributed by atoms with van der Waals surface area (Å²) >= 11 is 0. The second kappa shape index (κ2) is 7.63. The van der Waals surface area contributed by atoms with E-state index in [2.05, 4.69) is 5.32 Å². The summed E-state index contributed by atoms with van der Waals surface area (Å²) < 4.78 is 30.9. The number of nitrogens with one attached hydrogen (secondary N) is 1. The molecular weight excluding hydrogens is 358 g/mol. The van der Waals surface area contributed by atoms with Crippen molar-refractivity contribution in [2.24, 2.45) is 5.92 Å². The Bertz CT molecular complexity index is 809. The van der Waals surface area contributed by atoms with Gasteiger partial charge in [-0.15, -0.1) is 0 Å². The molecule has 0 saturated carbocycles. The zero-order valence-corrected chi connectivity index (χ0v) is 16.5. The van der Waals surface area contributed by atoms with E-state index in [1.165, 1.54) is 18.3 Å². The molecule has 1 aliphatic heterocycles. The highest BCUT2D eigenvalue weighted by atomic mass is 32.2. The van der Waals surface area contributed by atoms with Gasteiger partial charge in [-0.25, -0.2) is 12.7 Å². The number of anilines is 1. The summed E-state index contributed by atoms with van der Waals surface area (Å²) in [6.45, 7) is 3.82. The number of carbonyl (C=O) groups is 2. The van der Waals surface area contributed by atoms with Crippen molar-refractivity contribution in [1.29, 1.82) is 0 Å². The van der Waals surface area contributed by atoms with Crippen molar-refractivity contribution in [3.05, 3.63) is 23.8 Å². The summed E-state index contributed by atoms with van der Waals surface area (Å²) in [5, 5.41) is 2.67. The Morgan fingerprint density at radius 3 is 2.65 bits per heavy atom. The third-order valence-corrected chi connectivity index (χ3v) is 5.65. The standard InChI is InChI=1S/C17H25N3O5S/c1-11-9-19(3)17(22)13-7-6-8-14(18-12(2)21)16(13)25-15(11)10-20(4)26(5,23)24/h6-8,11,15H,9-10H2,1-5H3,(H,18,21)/t11-,15-/m1/s1. The van der Waals surface area contributed by atoms with Crippen LogP contribution in [0.5, 0.6) is 5.75 Å². The van der Waals surface area contributed by atoms with E-state index in [4.69, 9.17) is 4.74 Å². The number of nitrogens with zero attached hydrogens (tertiary/aromatic N) is 2. The van der Waals surface area contributed by atoms with Gasteiger partial charge in [0.1, 0.15) is 6.10 Å². The quantitative estimate of drug-likeness (QED) is 0.837. The van der Waals surface area contributed by atoms with E-state index in [0.29, 0.717) is 17.8 Å². The number of likely N-dealkylation sites (N-methyl/N-ethyl adjacent to an activating group) is 1. The lowest BCUT2D eigenvalue weighted by Gasteiger charge is -2.34. The highest BCUT2D eigenvalue weighted by molar-refractivity contribution is 7.88. The summed E-state index contributed by atoms with van der Waals surface area (Å²) in [4.78, 5) is 25.8. The number of amides is 2. The fourth-order valence-electron chi connectivity index (χ4n) is 2.83. The van der Waals surface area contributed by atoms with Gasteiger partial charge in [-0.2, -0.15) is 0 Å². The first-order valence-electron chi connectivity index (χ1n) is 8.24. The van der Waals surface area contributed by atoms with E-state index >= 15 is 0 Å². The average Bonchev–Trinajstić information content (AvgIpc) is 2.52. The lowest BCUT2D eigenvalue weighted by Crippen LogP contribution is -2.46. The lowest BCUT2D eigenvalue weighted by molar-refractivity contribution is -0.114. The Morgan fingerprint density at radius 2 is 2.08 bits per heavy atom. The zero-order chi connectivity index (χ0) is 19.6. The number of sulfonamides is 1. The molecule has 2 amide bonds. The number of rotatable bonds is 4. The van der Waals surface area contributed by atoms with Crippen molar-refractivity contribution in [1.82, 2.24) is 9.21 Å². The molecule has 2 rings (SSSR count). The van der Waals surface area contributed by atoms with Crippen LogP contribution in [0.15, 0.2) is 18.2 Å². The minimum absolute atomic E-state index is 0.119. The molecule has 0 saturated heterocycles. The second-order valence-corrected chi connectivity index (χ2v) is 8.82.